The average Bonchev–Trinajstić information content (AvgIpc) is 2.41. The van der Waals surface area contributed by atoms with Gasteiger partial charge in [-0.15, -0.1) is 0 Å². The fourth-order valence-electron chi connectivity index (χ4n) is 2.69. The lowest BCUT2D eigenvalue weighted by atomic mass is 10.1. The van der Waals surface area contributed by atoms with Crippen molar-refractivity contribution in [2.75, 3.05) is 30.7 Å². The maximum absolute atomic E-state index is 12.4. The Kier molecular flexibility index (Phi) is 6.62. The number of likely N-dealkylation sites (N-methyl/N-ethyl adjacent to an activating group) is 1. The van der Waals surface area contributed by atoms with Gasteiger partial charge in [0, 0.05) is 13.6 Å². The lowest BCUT2D eigenvalue weighted by Crippen LogP contribution is -2.42. The molecule has 23 heavy (non-hydrogen) atoms. The van der Waals surface area contributed by atoms with Crippen LogP contribution in [0.5, 0.6) is 0 Å². The van der Waals surface area contributed by atoms with Gasteiger partial charge in [-0.3, -0.25) is 9.10 Å². The molecule has 1 aromatic carbocycles. The van der Waals surface area contributed by atoms with Gasteiger partial charge in [0.1, 0.15) is 6.54 Å². The van der Waals surface area contributed by atoms with Crippen LogP contribution in [0.2, 0.25) is 0 Å². The second-order valence-electron chi connectivity index (χ2n) is 6.19. The fourth-order valence-corrected chi connectivity index (χ4v) is 3.66. The molecule has 0 N–H and O–H groups in total. The Labute approximate surface area is 140 Å². The molecule has 0 heterocycles. The van der Waals surface area contributed by atoms with E-state index in [1.807, 2.05) is 32.9 Å². The molecule has 6 heteroatoms. The van der Waals surface area contributed by atoms with Crippen LogP contribution in [0.25, 0.3) is 0 Å². The molecule has 0 aliphatic heterocycles. The van der Waals surface area contributed by atoms with E-state index in [4.69, 9.17) is 0 Å². The Morgan fingerprint density at radius 1 is 1.13 bits per heavy atom. The number of rotatable bonds is 7. The summed E-state index contributed by atoms with van der Waals surface area (Å²) in [5.41, 5.74) is 3.40. The van der Waals surface area contributed by atoms with Crippen molar-refractivity contribution in [1.29, 1.82) is 0 Å². The molecule has 1 aromatic rings. The maximum Gasteiger partial charge on any atom is 0.243 e. The standard InChI is InChI=1S/C17H28N2O3S/c1-7-8-9-18(5)16(20)12-19(23(6,21)22)17-14(3)10-13(2)11-15(17)4/h10-11H,7-9,12H2,1-6H3. The van der Waals surface area contributed by atoms with E-state index < -0.39 is 10.0 Å². The van der Waals surface area contributed by atoms with Gasteiger partial charge in [-0.05, 0) is 38.3 Å². The summed E-state index contributed by atoms with van der Waals surface area (Å²) in [6.45, 7) is 8.25. The number of sulfonamides is 1. The molecular weight excluding hydrogens is 312 g/mol. The number of anilines is 1. The number of aryl methyl sites for hydroxylation is 3. The molecule has 5 nitrogen and oxygen atoms in total. The minimum atomic E-state index is -3.54. The summed E-state index contributed by atoms with van der Waals surface area (Å²) in [6, 6.07) is 3.87. The quantitative estimate of drug-likeness (QED) is 0.767. The first-order chi connectivity index (χ1) is 10.6. The van der Waals surface area contributed by atoms with Gasteiger partial charge >= 0.3 is 0 Å². The van der Waals surface area contributed by atoms with E-state index in [9.17, 15) is 13.2 Å². The molecule has 0 unspecified atom stereocenters. The van der Waals surface area contributed by atoms with Crippen molar-refractivity contribution in [2.24, 2.45) is 0 Å². The van der Waals surface area contributed by atoms with E-state index in [-0.39, 0.29) is 12.5 Å². The summed E-state index contributed by atoms with van der Waals surface area (Å²) >= 11 is 0. The number of amides is 1. The monoisotopic (exact) mass is 340 g/mol. The molecule has 0 saturated heterocycles. The summed E-state index contributed by atoms with van der Waals surface area (Å²) in [5.74, 6) is -0.191. The smallest absolute Gasteiger partial charge is 0.243 e. The first-order valence-electron chi connectivity index (χ1n) is 7.87. The third-order valence-corrected chi connectivity index (χ3v) is 4.95. The van der Waals surface area contributed by atoms with Crippen LogP contribution in [0.3, 0.4) is 0 Å². The SMILES string of the molecule is CCCCN(C)C(=O)CN(c1c(C)cc(C)cc1C)S(C)(=O)=O. The van der Waals surface area contributed by atoms with Crippen LogP contribution in [0, 0.1) is 20.8 Å². The van der Waals surface area contributed by atoms with E-state index >= 15 is 0 Å². The minimum absolute atomic E-state index is 0.163. The first kappa shape index (κ1) is 19.5. The number of hydrogen-bond acceptors (Lipinski definition) is 3. The van der Waals surface area contributed by atoms with Crippen LogP contribution in [0.15, 0.2) is 12.1 Å². The second-order valence-corrected chi connectivity index (χ2v) is 8.09. The summed E-state index contributed by atoms with van der Waals surface area (Å²) < 4.78 is 25.7. The lowest BCUT2D eigenvalue weighted by Gasteiger charge is -2.28. The van der Waals surface area contributed by atoms with Crippen LogP contribution in [-0.4, -0.2) is 45.6 Å². The molecular formula is C17H28N2O3S. The second kappa shape index (κ2) is 7.81. The largest absolute Gasteiger partial charge is 0.344 e. The lowest BCUT2D eigenvalue weighted by molar-refractivity contribution is -0.128. The van der Waals surface area contributed by atoms with Crippen LogP contribution in [0.4, 0.5) is 5.69 Å². The van der Waals surface area contributed by atoms with Crippen molar-refractivity contribution in [3.05, 3.63) is 28.8 Å². The maximum atomic E-state index is 12.4. The van der Waals surface area contributed by atoms with Gasteiger partial charge < -0.3 is 4.90 Å². The molecule has 0 aromatic heterocycles. The zero-order valence-corrected chi connectivity index (χ0v) is 15.8. The van der Waals surface area contributed by atoms with E-state index in [0.29, 0.717) is 12.2 Å². The number of hydrogen-bond donors (Lipinski definition) is 0. The zero-order chi connectivity index (χ0) is 17.8. The highest BCUT2D eigenvalue weighted by molar-refractivity contribution is 7.92. The van der Waals surface area contributed by atoms with Crippen LogP contribution < -0.4 is 4.31 Å². The predicted molar refractivity (Wildman–Crippen MR) is 95.4 cm³/mol. The number of unbranched alkanes of at least 4 members (excludes halogenated alkanes) is 1. The third-order valence-electron chi connectivity index (χ3n) is 3.84. The molecule has 0 spiro atoms. The van der Waals surface area contributed by atoms with Gasteiger partial charge in [0.2, 0.25) is 15.9 Å². The topological polar surface area (TPSA) is 57.7 Å². The van der Waals surface area contributed by atoms with Crippen LogP contribution in [-0.2, 0) is 14.8 Å². The number of carbonyl (C=O) groups is 1. The summed E-state index contributed by atoms with van der Waals surface area (Å²) in [4.78, 5) is 14.0. The highest BCUT2D eigenvalue weighted by Gasteiger charge is 2.25. The number of nitrogens with zero attached hydrogens (tertiary/aromatic N) is 2. The molecule has 0 aliphatic rings. The Morgan fingerprint density at radius 3 is 2.09 bits per heavy atom. The minimum Gasteiger partial charge on any atom is -0.344 e. The van der Waals surface area contributed by atoms with Gasteiger partial charge in [-0.25, -0.2) is 8.42 Å². The molecule has 0 aliphatic carbocycles. The van der Waals surface area contributed by atoms with Crippen molar-refractivity contribution >= 4 is 21.6 Å². The summed E-state index contributed by atoms with van der Waals surface area (Å²) in [6.07, 6.45) is 3.04. The molecule has 1 amide bonds. The zero-order valence-electron chi connectivity index (χ0n) is 15.0. The molecule has 0 radical (unpaired) electrons. The number of carbonyl (C=O) groups excluding carboxylic acids is 1. The third kappa shape index (κ3) is 5.23. The Balaban J connectivity index is 3.16. The van der Waals surface area contributed by atoms with Crippen molar-refractivity contribution in [1.82, 2.24) is 4.90 Å². The summed E-state index contributed by atoms with van der Waals surface area (Å²) in [5, 5.41) is 0. The van der Waals surface area contributed by atoms with Crippen LogP contribution >= 0.6 is 0 Å². The Morgan fingerprint density at radius 2 is 1.65 bits per heavy atom. The molecule has 130 valence electrons. The van der Waals surface area contributed by atoms with Crippen molar-refractivity contribution < 1.29 is 13.2 Å². The predicted octanol–water partition coefficient (Wildman–Crippen LogP) is 2.64. The molecule has 0 bridgehead atoms. The molecule has 1 rings (SSSR count). The van der Waals surface area contributed by atoms with Crippen molar-refractivity contribution in [3.63, 3.8) is 0 Å². The molecule has 0 saturated carbocycles. The fraction of sp³-hybridized carbons (Fsp3) is 0.588. The first-order valence-corrected chi connectivity index (χ1v) is 9.72. The average molecular weight is 340 g/mol. The van der Waals surface area contributed by atoms with Gasteiger partial charge in [0.05, 0.1) is 11.9 Å². The summed E-state index contributed by atoms with van der Waals surface area (Å²) in [7, 11) is -1.82. The van der Waals surface area contributed by atoms with Crippen molar-refractivity contribution in [2.45, 2.75) is 40.5 Å². The number of benzene rings is 1. The van der Waals surface area contributed by atoms with Crippen LogP contribution in [0.1, 0.15) is 36.5 Å². The van der Waals surface area contributed by atoms with Gasteiger partial charge in [0.25, 0.3) is 0 Å². The highest BCUT2D eigenvalue weighted by atomic mass is 32.2. The van der Waals surface area contributed by atoms with Gasteiger partial charge in [0.15, 0.2) is 0 Å². The van der Waals surface area contributed by atoms with Gasteiger partial charge in [-0.1, -0.05) is 31.0 Å². The van der Waals surface area contributed by atoms with E-state index in [1.54, 1.807) is 11.9 Å². The van der Waals surface area contributed by atoms with Crippen molar-refractivity contribution in [3.8, 4) is 0 Å². The highest BCUT2D eigenvalue weighted by Crippen LogP contribution is 2.28. The van der Waals surface area contributed by atoms with Gasteiger partial charge in [-0.2, -0.15) is 0 Å². The van der Waals surface area contributed by atoms with E-state index in [1.165, 1.54) is 4.31 Å². The van der Waals surface area contributed by atoms with E-state index in [0.717, 1.165) is 35.8 Å². The van der Waals surface area contributed by atoms with E-state index in [2.05, 4.69) is 6.92 Å². The normalized spacial score (nSPS) is 11.4. The molecule has 0 fully saturated rings. The Bertz CT molecular complexity index is 645. The molecule has 0 atom stereocenters. The Hall–Kier alpha value is -1.56.